The summed E-state index contributed by atoms with van der Waals surface area (Å²) in [5.41, 5.74) is 3.93. The smallest absolute Gasteiger partial charge is 0.303 e. The summed E-state index contributed by atoms with van der Waals surface area (Å²) in [5, 5.41) is 20.4. The van der Waals surface area contributed by atoms with Crippen LogP contribution in [0.3, 0.4) is 0 Å². The molecule has 3 aromatic rings. The molecule has 1 heterocycles. The molecule has 0 radical (unpaired) electrons. The summed E-state index contributed by atoms with van der Waals surface area (Å²) in [4.78, 5) is 10.9. The van der Waals surface area contributed by atoms with E-state index in [4.69, 9.17) is 14.6 Å². The lowest BCUT2D eigenvalue weighted by Crippen LogP contribution is -2.19. The molecule has 1 aromatic heterocycles. The minimum atomic E-state index is -0.802. The summed E-state index contributed by atoms with van der Waals surface area (Å²) in [7, 11) is 3.24. The minimum Gasteiger partial charge on any atom is -0.496 e. The van der Waals surface area contributed by atoms with Crippen LogP contribution in [-0.4, -0.2) is 35.0 Å². The van der Waals surface area contributed by atoms with E-state index >= 15 is 0 Å². The van der Waals surface area contributed by atoms with E-state index in [2.05, 4.69) is 16.7 Å². The zero-order chi connectivity index (χ0) is 24.5. The number of methoxy groups -OCH3 is 2. The van der Waals surface area contributed by atoms with Gasteiger partial charge in [-0.1, -0.05) is 30.3 Å². The molecule has 182 valence electrons. The zero-order valence-corrected chi connectivity index (χ0v) is 20.2. The second kappa shape index (κ2) is 12.3. The van der Waals surface area contributed by atoms with E-state index in [0.717, 1.165) is 36.0 Å². The van der Waals surface area contributed by atoms with Gasteiger partial charge in [0.1, 0.15) is 11.5 Å². The van der Waals surface area contributed by atoms with Gasteiger partial charge in [-0.3, -0.25) is 4.79 Å². The first-order chi connectivity index (χ1) is 16.4. The summed E-state index contributed by atoms with van der Waals surface area (Å²) in [5.74, 6) is 0.534. The number of benzene rings is 2. The van der Waals surface area contributed by atoms with Crippen molar-refractivity contribution in [2.75, 3.05) is 14.2 Å². The van der Waals surface area contributed by atoms with Gasteiger partial charge in [-0.05, 0) is 67.5 Å². The fourth-order valence-electron chi connectivity index (χ4n) is 4.39. The highest BCUT2D eigenvalue weighted by Crippen LogP contribution is 2.36. The first kappa shape index (κ1) is 25.4. The van der Waals surface area contributed by atoms with Crippen LogP contribution in [-0.2, 0) is 24.2 Å². The number of aryl methyl sites for hydroxylation is 2. The summed E-state index contributed by atoms with van der Waals surface area (Å²) < 4.78 is 13.1. The Morgan fingerprint density at radius 2 is 1.68 bits per heavy atom. The maximum Gasteiger partial charge on any atom is 0.303 e. The molecule has 0 saturated heterocycles. The first-order valence-electron chi connectivity index (χ1n) is 11.7. The standard InChI is InChI=1S/C28H35NO5/c1-20-25(33-2)16-24(17-26(20)34-3)28(32)23(11-7-10-21-8-5-4-6-9-21)19-29-15-14-22(18-29)12-13-27(30)31/h4-6,8-9,14-18,23,28,32H,7,10-13,19H2,1-3H3,(H,30,31)/t23-,28?/m1/s1. The SMILES string of the molecule is COc1cc(C(O)[C@H](CCCc2ccccc2)Cn2ccc(CCC(=O)O)c2)cc(OC)c1C. The molecule has 2 N–H and O–H groups in total. The second-order valence-corrected chi connectivity index (χ2v) is 8.74. The fraction of sp³-hybridized carbons (Fsp3) is 0.393. The van der Waals surface area contributed by atoms with Gasteiger partial charge in [0.25, 0.3) is 0 Å². The molecule has 0 bridgehead atoms. The molecule has 2 aromatic carbocycles. The molecule has 0 fully saturated rings. The van der Waals surface area contributed by atoms with Gasteiger partial charge in [-0.25, -0.2) is 0 Å². The predicted octanol–water partition coefficient (Wildman–Crippen LogP) is 5.20. The van der Waals surface area contributed by atoms with Crippen LogP contribution >= 0.6 is 0 Å². The van der Waals surface area contributed by atoms with Gasteiger partial charge in [0, 0.05) is 36.8 Å². The molecule has 3 rings (SSSR count). The van der Waals surface area contributed by atoms with Crippen LogP contribution in [0.25, 0.3) is 0 Å². The molecule has 0 aliphatic rings. The predicted molar refractivity (Wildman–Crippen MR) is 133 cm³/mol. The first-order valence-corrected chi connectivity index (χ1v) is 11.7. The third kappa shape index (κ3) is 6.87. The van der Waals surface area contributed by atoms with Crippen molar-refractivity contribution in [2.24, 2.45) is 5.92 Å². The maximum atomic E-state index is 11.5. The Bertz CT molecular complexity index is 1030. The number of nitrogens with zero attached hydrogens (tertiary/aromatic N) is 1. The molecule has 6 nitrogen and oxygen atoms in total. The normalized spacial score (nSPS) is 12.8. The van der Waals surface area contributed by atoms with Crippen molar-refractivity contribution in [3.05, 3.63) is 83.2 Å². The Balaban J connectivity index is 1.79. The Morgan fingerprint density at radius 1 is 1.00 bits per heavy atom. The molecule has 0 aliphatic heterocycles. The van der Waals surface area contributed by atoms with Crippen LogP contribution in [0.1, 0.15) is 47.6 Å². The quantitative estimate of drug-likeness (QED) is 0.362. The molecule has 6 heteroatoms. The van der Waals surface area contributed by atoms with E-state index < -0.39 is 12.1 Å². The molecule has 1 unspecified atom stereocenters. The zero-order valence-electron chi connectivity index (χ0n) is 20.2. The van der Waals surface area contributed by atoms with Crippen molar-refractivity contribution < 1.29 is 24.5 Å². The number of hydrogen-bond donors (Lipinski definition) is 2. The number of aliphatic hydroxyl groups is 1. The average molecular weight is 466 g/mol. The second-order valence-electron chi connectivity index (χ2n) is 8.74. The number of carboxylic acids is 1. The Hall–Kier alpha value is -3.25. The van der Waals surface area contributed by atoms with Gasteiger partial charge in [0.2, 0.25) is 0 Å². The fourth-order valence-corrected chi connectivity index (χ4v) is 4.39. The van der Waals surface area contributed by atoms with E-state index in [-0.39, 0.29) is 12.3 Å². The van der Waals surface area contributed by atoms with Crippen LogP contribution < -0.4 is 9.47 Å². The van der Waals surface area contributed by atoms with Crippen LogP contribution in [0.2, 0.25) is 0 Å². The van der Waals surface area contributed by atoms with E-state index in [1.54, 1.807) is 14.2 Å². The third-order valence-corrected chi connectivity index (χ3v) is 6.33. The lowest BCUT2D eigenvalue weighted by Gasteiger charge is -2.25. The van der Waals surface area contributed by atoms with Gasteiger partial charge in [-0.2, -0.15) is 0 Å². The Kier molecular flexibility index (Phi) is 9.16. The number of carboxylic acid groups (broad SMARTS) is 1. The summed E-state index contributed by atoms with van der Waals surface area (Å²) in [6.45, 7) is 2.56. The number of ether oxygens (including phenoxy) is 2. The monoisotopic (exact) mass is 465 g/mol. The molecule has 0 saturated carbocycles. The molecular formula is C28H35NO5. The van der Waals surface area contributed by atoms with E-state index in [0.29, 0.717) is 24.5 Å². The van der Waals surface area contributed by atoms with Crippen molar-refractivity contribution in [1.29, 1.82) is 0 Å². The van der Waals surface area contributed by atoms with Crippen molar-refractivity contribution in [2.45, 2.75) is 51.7 Å². The van der Waals surface area contributed by atoms with Gasteiger partial charge in [0.15, 0.2) is 0 Å². The number of carbonyl (C=O) groups is 1. The van der Waals surface area contributed by atoms with Crippen molar-refractivity contribution in [1.82, 2.24) is 4.57 Å². The van der Waals surface area contributed by atoms with Crippen molar-refractivity contribution in [3.63, 3.8) is 0 Å². The van der Waals surface area contributed by atoms with Crippen LogP contribution in [0.4, 0.5) is 0 Å². The number of aromatic nitrogens is 1. The molecule has 0 amide bonds. The van der Waals surface area contributed by atoms with Gasteiger partial charge in [-0.15, -0.1) is 0 Å². The van der Waals surface area contributed by atoms with Crippen LogP contribution in [0.5, 0.6) is 11.5 Å². The van der Waals surface area contributed by atoms with Crippen LogP contribution in [0.15, 0.2) is 60.9 Å². The highest BCUT2D eigenvalue weighted by molar-refractivity contribution is 5.67. The lowest BCUT2D eigenvalue weighted by molar-refractivity contribution is -0.136. The van der Waals surface area contributed by atoms with Gasteiger partial charge < -0.3 is 24.3 Å². The Labute approximate surface area is 201 Å². The molecule has 0 aliphatic carbocycles. The van der Waals surface area contributed by atoms with E-state index in [1.807, 2.05) is 55.7 Å². The van der Waals surface area contributed by atoms with Gasteiger partial charge >= 0.3 is 5.97 Å². The van der Waals surface area contributed by atoms with E-state index in [9.17, 15) is 9.90 Å². The molecule has 34 heavy (non-hydrogen) atoms. The van der Waals surface area contributed by atoms with Crippen LogP contribution in [0, 0.1) is 12.8 Å². The third-order valence-electron chi connectivity index (χ3n) is 6.33. The topological polar surface area (TPSA) is 80.9 Å². The van der Waals surface area contributed by atoms with E-state index in [1.165, 1.54) is 5.56 Å². The van der Waals surface area contributed by atoms with Crippen molar-refractivity contribution in [3.8, 4) is 11.5 Å². The highest BCUT2D eigenvalue weighted by Gasteiger charge is 2.24. The average Bonchev–Trinajstić information content (AvgIpc) is 3.30. The molecule has 2 atom stereocenters. The number of aliphatic carboxylic acids is 1. The van der Waals surface area contributed by atoms with Gasteiger partial charge in [0.05, 0.1) is 20.3 Å². The summed E-state index contributed by atoms with van der Waals surface area (Å²) in [6.07, 6.45) is 6.56. The lowest BCUT2D eigenvalue weighted by atomic mass is 9.89. The number of hydrogen-bond acceptors (Lipinski definition) is 4. The summed E-state index contributed by atoms with van der Waals surface area (Å²) >= 11 is 0. The summed E-state index contributed by atoms with van der Waals surface area (Å²) in [6, 6.07) is 16.1. The highest BCUT2D eigenvalue weighted by atomic mass is 16.5. The number of aliphatic hydroxyl groups excluding tert-OH is 1. The molecule has 0 spiro atoms. The Morgan fingerprint density at radius 3 is 2.29 bits per heavy atom. The maximum absolute atomic E-state index is 11.5. The number of rotatable bonds is 13. The molecular weight excluding hydrogens is 430 g/mol. The minimum absolute atomic E-state index is 0.0412. The largest absolute Gasteiger partial charge is 0.496 e. The van der Waals surface area contributed by atoms with Crippen molar-refractivity contribution >= 4 is 5.97 Å².